The monoisotopic (exact) mass is 494 g/mol. The van der Waals surface area contributed by atoms with Gasteiger partial charge in [0.2, 0.25) is 0 Å². The molecule has 0 amide bonds. The van der Waals surface area contributed by atoms with Gasteiger partial charge in [-0.2, -0.15) is 10.5 Å². The molecule has 0 fully saturated rings. The summed E-state index contributed by atoms with van der Waals surface area (Å²) < 4.78 is 16.1. The topological polar surface area (TPSA) is 116 Å². The molecule has 7 heteroatoms. The van der Waals surface area contributed by atoms with E-state index in [4.69, 9.17) is 14.2 Å². The smallest absolute Gasteiger partial charge is 0.160 e. The minimum atomic E-state index is -0.811. The van der Waals surface area contributed by atoms with Crippen molar-refractivity contribution in [2.75, 3.05) is 21.3 Å². The Balaban J connectivity index is 2.17. The summed E-state index contributed by atoms with van der Waals surface area (Å²) in [6.45, 7) is 3.50. The molecule has 0 bridgehead atoms. The number of nitrogens with zero attached hydrogens (tertiary/aromatic N) is 2. The van der Waals surface area contributed by atoms with Gasteiger partial charge in [0.25, 0.3) is 0 Å². The molecular weight excluding hydrogens is 456 g/mol. The summed E-state index contributed by atoms with van der Waals surface area (Å²) >= 11 is 0. The zero-order valence-corrected chi connectivity index (χ0v) is 22.0. The van der Waals surface area contributed by atoms with Crippen LogP contribution >= 0.6 is 0 Å². The number of hydrogen-bond donors (Lipinski definition) is 2. The Labute approximate surface area is 214 Å². The fourth-order valence-corrected chi connectivity index (χ4v) is 4.76. The predicted octanol–water partition coefficient (Wildman–Crippen LogP) is 5.06. The lowest BCUT2D eigenvalue weighted by Gasteiger charge is -2.33. The van der Waals surface area contributed by atoms with Crippen molar-refractivity contribution in [3.05, 3.63) is 52.6 Å². The van der Waals surface area contributed by atoms with E-state index in [2.05, 4.69) is 12.1 Å². The summed E-state index contributed by atoms with van der Waals surface area (Å²) in [7, 11) is 4.72. The number of rotatable bonds is 14. The van der Waals surface area contributed by atoms with Gasteiger partial charge in [-0.3, -0.25) is 0 Å². The van der Waals surface area contributed by atoms with E-state index in [9.17, 15) is 20.7 Å². The summed E-state index contributed by atoms with van der Waals surface area (Å²) in [5, 5.41) is 39.7. The molecule has 36 heavy (non-hydrogen) atoms. The summed E-state index contributed by atoms with van der Waals surface area (Å²) in [6, 6.07) is 14.4. The van der Waals surface area contributed by atoms with Gasteiger partial charge in [0, 0.05) is 11.5 Å². The number of nitriles is 2. The number of aryl methyl sites for hydroxylation is 1. The molecule has 0 spiro atoms. The highest BCUT2D eigenvalue weighted by Gasteiger charge is 2.37. The molecule has 0 aliphatic heterocycles. The summed E-state index contributed by atoms with van der Waals surface area (Å²) in [5.74, 6) is 1.66. The maximum atomic E-state index is 10.3. The van der Waals surface area contributed by atoms with Gasteiger partial charge < -0.3 is 24.4 Å². The first kappa shape index (κ1) is 29.0. The molecule has 0 aromatic heterocycles. The van der Waals surface area contributed by atoms with Gasteiger partial charge in [-0.1, -0.05) is 32.4 Å². The fourth-order valence-electron chi connectivity index (χ4n) is 4.76. The molecule has 0 radical (unpaired) electrons. The van der Waals surface area contributed by atoms with Crippen LogP contribution in [-0.4, -0.2) is 31.5 Å². The van der Waals surface area contributed by atoms with Gasteiger partial charge in [-0.05, 0) is 66.5 Å². The molecule has 0 saturated carbocycles. The Morgan fingerprint density at radius 2 is 1.58 bits per heavy atom. The lowest BCUT2D eigenvalue weighted by atomic mass is 9.68. The standard InChI is InChI=1S/C29H38N2O5/c1-20(2)29(19-31,24-14-23(17-32)25(18-33)27(15-24)35-4)12-6-7-22(16-30)9-8-21-10-11-26(34-3)28(13-21)36-5/h10-11,13-15,20,22,32-33H,6-9,12,17-18H2,1-5H3/t22?,29-/m1/s1. The van der Waals surface area contributed by atoms with Crippen molar-refractivity contribution < 1.29 is 24.4 Å². The lowest BCUT2D eigenvalue weighted by Crippen LogP contribution is -2.31. The number of hydrogen-bond acceptors (Lipinski definition) is 7. The maximum absolute atomic E-state index is 10.3. The third kappa shape index (κ3) is 6.49. The third-order valence-electron chi connectivity index (χ3n) is 7.09. The Morgan fingerprint density at radius 3 is 2.11 bits per heavy atom. The lowest BCUT2D eigenvalue weighted by molar-refractivity contribution is 0.253. The van der Waals surface area contributed by atoms with Crippen LogP contribution in [0.3, 0.4) is 0 Å². The summed E-state index contributed by atoms with van der Waals surface area (Å²) in [5.41, 5.74) is 2.11. The summed E-state index contributed by atoms with van der Waals surface area (Å²) in [6.07, 6.45) is 3.40. The van der Waals surface area contributed by atoms with Gasteiger partial charge in [0.05, 0.1) is 52.1 Å². The highest BCUT2D eigenvalue weighted by molar-refractivity contribution is 5.48. The normalized spacial score (nSPS) is 13.4. The Bertz CT molecular complexity index is 1060. The van der Waals surface area contributed by atoms with E-state index < -0.39 is 5.41 Å². The average Bonchev–Trinajstić information content (AvgIpc) is 2.91. The molecule has 7 nitrogen and oxygen atoms in total. The highest BCUT2D eigenvalue weighted by atomic mass is 16.5. The maximum Gasteiger partial charge on any atom is 0.160 e. The van der Waals surface area contributed by atoms with Crippen LogP contribution in [0.25, 0.3) is 0 Å². The SMILES string of the molecule is COc1ccc(CCC(C#N)CCC[C@](C#N)(c2cc(CO)c(CO)c(OC)c2)C(C)C)cc1OC. The highest BCUT2D eigenvalue weighted by Crippen LogP contribution is 2.41. The van der Waals surface area contributed by atoms with E-state index >= 15 is 0 Å². The quantitative estimate of drug-likeness (QED) is 0.377. The van der Waals surface area contributed by atoms with Gasteiger partial charge in [-0.15, -0.1) is 0 Å². The minimum Gasteiger partial charge on any atom is -0.496 e. The minimum absolute atomic E-state index is 0.00831. The van der Waals surface area contributed by atoms with Crippen LogP contribution in [0.5, 0.6) is 17.2 Å². The van der Waals surface area contributed by atoms with E-state index in [0.29, 0.717) is 54.1 Å². The van der Waals surface area contributed by atoms with Crippen LogP contribution in [-0.2, 0) is 25.0 Å². The van der Waals surface area contributed by atoms with E-state index in [1.807, 2.05) is 32.0 Å². The van der Waals surface area contributed by atoms with Crippen molar-refractivity contribution in [2.45, 2.75) is 64.6 Å². The Kier molecular flexibility index (Phi) is 11.0. The van der Waals surface area contributed by atoms with Gasteiger partial charge >= 0.3 is 0 Å². The molecule has 0 aliphatic carbocycles. The Hall–Kier alpha value is -3.26. The van der Waals surface area contributed by atoms with Crippen LogP contribution in [0.2, 0.25) is 0 Å². The van der Waals surface area contributed by atoms with Crippen LogP contribution in [0.15, 0.2) is 30.3 Å². The van der Waals surface area contributed by atoms with Crippen molar-refractivity contribution >= 4 is 0 Å². The number of ether oxygens (including phenoxy) is 3. The third-order valence-corrected chi connectivity index (χ3v) is 7.09. The van der Waals surface area contributed by atoms with Crippen molar-refractivity contribution in [3.63, 3.8) is 0 Å². The number of aliphatic hydroxyl groups is 2. The molecular formula is C29H38N2O5. The van der Waals surface area contributed by atoms with Gasteiger partial charge in [-0.25, -0.2) is 0 Å². The second-order valence-corrected chi connectivity index (χ2v) is 9.32. The van der Waals surface area contributed by atoms with Crippen molar-refractivity contribution in [2.24, 2.45) is 11.8 Å². The second kappa shape index (κ2) is 13.7. The van der Waals surface area contributed by atoms with Crippen LogP contribution in [0.4, 0.5) is 0 Å². The molecule has 0 heterocycles. The van der Waals surface area contributed by atoms with E-state index in [-0.39, 0.29) is 25.0 Å². The largest absolute Gasteiger partial charge is 0.496 e. The molecule has 194 valence electrons. The average molecular weight is 495 g/mol. The van der Waals surface area contributed by atoms with Gasteiger partial charge in [0.15, 0.2) is 11.5 Å². The van der Waals surface area contributed by atoms with Crippen molar-refractivity contribution in [3.8, 4) is 29.4 Å². The molecule has 1 unspecified atom stereocenters. The molecule has 2 rings (SSSR count). The molecule has 2 atom stereocenters. The van der Waals surface area contributed by atoms with Crippen LogP contribution in [0, 0.1) is 34.5 Å². The number of methoxy groups -OCH3 is 3. The van der Waals surface area contributed by atoms with Crippen LogP contribution in [0.1, 0.15) is 61.8 Å². The molecule has 2 aromatic carbocycles. The summed E-state index contributed by atoms with van der Waals surface area (Å²) in [4.78, 5) is 0. The first-order valence-electron chi connectivity index (χ1n) is 12.3. The molecule has 2 N–H and O–H groups in total. The molecule has 0 saturated heterocycles. The molecule has 2 aromatic rings. The first-order chi connectivity index (χ1) is 17.3. The van der Waals surface area contributed by atoms with Gasteiger partial charge in [0.1, 0.15) is 5.75 Å². The first-order valence-corrected chi connectivity index (χ1v) is 12.3. The Morgan fingerprint density at radius 1 is 0.889 bits per heavy atom. The number of benzene rings is 2. The second-order valence-electron chi connectivity index (χ2n) is 9.32. The van der Waals surface area contributed by atoms with Crippen molar-refractivity contribution in [1.29, 1.82) is 10.5 Å². The zero-order chi connectivity index (χ0) is 26.7. The van der Waals surface area contributed by atoms with Crippen LogP contribution < -0.4 is 14.2 Å². The van der Waals surface area contributed by atoms with Crippen molar-refractivity contribution in [1.82, 2.24) is 0 Å². The fraction of sp³-hybridized carbons (Fsp3) is 0.517. The predicted molar refractivity (Wildman–Crippen MR) is 138 cm³/mol. The van der Waals surface area contributed by atoms with E-state index in [1.54, 1.807) is 26.4 Å². The van der Waals surface area contributed by atoms with E-state index in [1.165, 1.54) is 7.11 Å². The van der Waals surface area contributed by atoms with E-state index in [0.717, 1.165) is 17.5 Å². The zero-order valence-electron chi connectivity index (χ0n) is 22.0. The molecule has 0 aliphatic rings. The number of aliphatic hydroxyl groups excluding tert-OH is 2.